The van der Waals surface area contributed by atoms with Crippen LogP contribution in [0, 0.1) is 18.8 Å². The van der Waals surface area contributed by atoms with Gasteiger partial charge in [-0.25, -0.2) is 0 Å². The highest BCUT2D eigenvalue weighted by Gasteiger charge is 2.13. The first-order valence-electron chi connectivity index (χ1n) is 8.56. The Morgan fingerprint density at radius 2 is 1.54 bits per heavy atom. The molecule has 1 aromatic carbocycles. The zero-order chi connectivity index (χ0) is 17.7. The van der Waals surface area contributed by atoms with Crippen LogP contribution in [0.4, 0.5) is 0 Å². The molecule has 0 heterocycles. The monoisotopic (exact) mass is 352 g/mol. The lowest BCUT2D eigenvalue weighted by Gasteiger charge is -2.03. The zero-order valence-electron chi connectivity index (χ0n) is 14.7. The number of unbranched alkanes of at least 4 members (excludes halogenated alkanes) is 5. The maximum Gasteiger partial charge on any atom is 0.297 e. The number of rotatable bonds is 11. The van der Waals surface area contributed by atoms with Gasteiger partial charge < -0.3 is 4.74 Å². The van der Waals surface area contributed by atoms with Crippen LogP contribution in [0.2, 0.25) is 0 Å². The van der Waals surface area contributed by atoms with Crippen molar-refractivity contribution in [3.05, 3.63) is 29.8 Å². The molecule has 134 valence electrons. The minimum Gasteiger partial charge on any atom is -0.369 e. The Labute approximate surface area is 146 Å². The molecule has 0 spiro atoms. The minimum atomic E-state index is -3.73. The second-order valence-corrected chi connectivity index (χ2v) is 7.32. The van der Waals surface area contributed by atoms with Crippen LogP contribution in [0.1, 0.15) is 51.0 Å². The molecule has 1 rings (SSSR count). The van der Waals surface area contributed by atoms with Crippen molar-refractivity contribution in [1.29, 1.82) is 0 Å². The third kappa shape index (κ3) is 9.07. The molecule has 0 N–H and O–H groups in total. The lowest BCUT2D eigenvalue weighted by atomic mass is 10.1. The van der Waals surface area contributed by atoms with Crippen molar-refractivity contribution in [3.8, 4) is 11.8 Å². The van der Waals surface area contributed by atoms with Gasteiger partial charge in [0.1, 0.15) is 13.2 Å². The Morgan fingerprint density at radius 3 is 2.25 bits per heavy atom. The summed E-state index contributed by atoms with van der Waals surface area (Å²) in [7, 11) is -3.73. The van der Waals surface area contributed by atoms with Crippen LogP contribution >= 0.6 is 0 Å². The van der Waals surface area contributed by atoms with E-state index in [9.17, 15) is 8.42 Å². The van der Waals surface area contributed by atoms with Crippen molar-refractivity contribution in [2.24, 2.45) is 0 Å². The van der Waals surface area contributed by atoms with E-state index < -0.39 is 10.1 Å². The van der Waals surface area contributed by atoms with Crippen molar-refractivity contribution in [1.82, 2.24) is 0 Å². The molecule has 0 saturated heterocycles. The number of ether oxygens (including phenoxy) is 1. The Bertz CT molecular complexity index is 609. The van der Waals surface area contributed by atoms with E-state index in [1.807, 2.05) is 6.92 Å². The second-order valence-electron chi connectivity index (χ2n) is 5.70. The van der Waals surface area contributed by atoms with Crippen LogP contribution in [0.15, 0.2) is 29.2 Å². The number of aryl methyl sites for hydroxylation is 1. The third-order valence-corrected chi connectivity index (χ3v) is 4.82. The van der Waals surface area contributed by atoms with Crippen molar-refractivity contribution in [2.75, 3.05) is 19.8 Å². The number of benzene rings is 1. The van der Waals surface area contributed by atoms with Crippen molar-refractivity contribution in [2.45, 2.75) is 57.3 Å². The molecule has 0 unspecified atom stereocenters. The molecule has 0 aliphatic carbocycles. The molecule has 1 aromatic rings. The first kappa shape index (κ1) is 20.7. The molecule has 0 amide bonds. The summed E-state index contributed by atoms with van der Waals surface area (Å²) in [5, 5.41) is 0. The highest BCUT2D eigenvalue weighted by Crippen LogP contribution is 2.12. The minimum absolute atomic E-state index is 0.147. The van der Waals surface area contributed by atoms with E-state index in [0.29, 0.717) is 13.2 Å². The summed E-state index contributed by atoms with van der Waals surface area (Å²) in [6, 6.07) is 6.53. The first-order valence-corrected chi connectivity index (χ1v) is 9.96. The fraction of sp³-hybridized carbons (Fsp3) is 0.579. The van der Waals surface area contributed by atoms with Crippen LogP contribution in [-0.2, 0) is 19.0 Å². The van der Waals surface area contributed by atoms with Gasteiger partial charge in [0.25, 0.3) is 10.1 Å². The van der Waals surface area contributed by atoms with E-state index in [1.165, 1.54) is 44.2 Å². The van der Waals surface area contributed by atoms with Crippen LogP contribution in [-0.4, -0.2) is 28.2 Å². The molecular weight excluding hydrogens is 324 g/mol. The van der Waals surface area contributed by atoms with Gasteiger partial charge in [-0.15, -0.1) is 0 Å². The van der Waals surface area contributed by atoms with Gasteiger partial charge in [0.2, 0.25) is 0 Å². The highest BCUT2D eigenvalue weighted by molar-refractivity contribution is 7.86. The molecule has 0 bridgehead atoms. The Hall–Kier alpha value is -1.35. The SMILES string of the molecule is CCCCCCCCOCC#CCOS(=O)(=O)c1ccc(C)cc1. The quantitative estimate of drug-likeness (QED) is 0.342. The summed E-state index contributed by atoms with van der Waals surface area (Å²) in [4.78, 5) is 0.147. The molecule has 0 fully saturated rings. The van der Waals surface area contributed by atoms with Gasteiger partial charge in [-0.1, -0.05) is 68.6 Å². The van der Waals surface area contributed by atoms with E-state index in [4.69, 9.17) is 8.92 Å². The van der Waals surface area contributed by atoms with Crippen LogP contribution in [0.3, 0.4) is 0 Å². The average molecular weight is 352 g/mol. The Morgan fingerprint density at radius 1 is 0.917 bits per heavy atom. The Balaban J connectivity index is 2.13. The second kappa shape index (κ2) is 12.1. The van der Waals surface area contributed by atoms with Crippen LogP contribution < -0.4 is 0 Å². The lowest BCUT2D eigenvalue weighted by Crippen LogP contribution is -2.06. The predicted octanol–water partition coefficient (Wildman–Crippen LogP) is 4.08. The molecule has 24 heavy (non-hydrogen) atoms. The largest absolute Gasteiger partial charge is 0.369 e. The number of hydrogen-bond acceptors (Lipinski definition) is 4. The molecule has 0 atom stereocenters. The van der Waals surface area contributed by atoms with Gasteiger partial charge in [-0.05, 0) is 25.5 Å². The summed E-state index contributed by atoms with van der Waals surface area (Å²) in [5.74, 6) is 5.43. The van der Waals surface area contributed by atoms with Crippen LogP contribution in [0.25, 0.3) is 0 Å². The molecule has 5 heteroatoms. The van der Waals surface area contributed by atoms with Gasteiger partial charge >= 0.3 is 0 Å². The highest BCUT2D eigenvalue weighted by atomic mass is 32.2. The molecule has 0 radical (unpaired) electrons. The van der Waals surface area contributed by atoms with Gasteiger partial charge in [-0.2, -0.15) is 8.42 Å². The van der Waals surface area contributed by atoms with E-state index in [1.54, 1.807) is 12.1 Å². The molecule has 0 aliphatic rings. The lowest BCUT2D eigenvalue weighted by molar-refractivity contribution is 0.161. The summed E-state index contributed by atoms with van der Waals surface area (Å²) in [5.41, 5.74) is 0.997. The summed E-state index contributed by atoms with van der Waals surface area (Å²) in [6.07, 6.45) is 7.34. The normalized spacial score (nSPS) is 11.1. The van der Waals surface area contributed by atoms with Gasteiger partial charge in [-0.3, -0.25) is 4.18 Å². The topological polar surface area (TPSA) is 52.6 Å². The maximum absolute atomic E-state index is 11.9. The van der Waals surface area contributed by atoms with Crippen LogP contribution in [0.5, 0.6) is 0 Å². The van der Waals surface area contributed by atoms with E-state index in [2.05, 4.69) is 18.8 Å². The molecular formula is C19H28O4S. The molecule has 0 saturated carbocycles. The Kier molecular flexibility index (Phi) is 10.4. The van der Waals surface area contributed by atoms with E-state index in [-0.39, 0.29) is 11.5 Å². The zero-order valence-corrected chi connectivity index (χ0v) is 15.5. The molecule has 4 nitrogen and oxygen atoms in total. The molecule has 0 aliphatic heterocycles. The summed E-state index contributed by atoms with van der Waals surface area (Å²) in [6.45, 7) is 4.95. The van der Waals surface area contributed by atoms with Crippen molar-refractivity contribution in [3.63, 3.8) is 0 Å². The maximum atomic E-state index is 11.9. The van der Waals surface area contributed by atoms with Gasteiger partial charge in [0, 0.05) is 6.61 Å². The molecule has 0 aromatic heterocycles. The predicted molar refractivity (Wildman–Crippen MR) is 96.3 cm³/mol. The van der Waals surface area contributed by atoms with E-state index in [0.717, 1.165) is 12.0 Å². The van der Waals surface area contributed by atoms with Gasteiger partial charge in [0.15, 0.2) is 0 Å². The van der Waals surface area contributed by atoms with Gasteiger partial charge in [0.05, 0.1) is 4.90 Å². The first-order chi connectivity index (χ1) is 11.6. The standard InChI is InChI=1S/C19H28O4S/c1-3-4-5-6-7-8-15-22-16-9-10-17-23-24(20,21)19-13-11-18(2)12-14-19/h11-14H,3-8,15-17H2,1-2H3. The average Bonchev–Trinajstić information content (AvgIpc) is 2.56. The van der Waals surface area contributed by atoms with Crippen molar-refractivity contribution >= 4 is 10.1 Å². The fourth-order valence-corrected chi connectivity index (χ4v) is 2.91. The smallest absolute Gasteiger partial charge is 0.297 e. The summed E-state index contributed by atoms with van der Waals surface area (Å²) >= 11 is 0. The summed E-state index contributed by atoms with van der Waals surface area (Å²) < 4.78 is 34.1. The van der Waals surface area contributed by atoms with Crippen molar-refractivity contribution < 1.29 is 17.3 Å². The number of hydrogen-bond donors (Lipinski definition) is 0. The van der Waals surface area contributed by atoms with E-state index >= 15 is 0 Å². The fourth-order valence-electron chi connectivity index (χ4n) is 2.09. The third-order valence-electron chi connectivity index (χ3n) is 3.54.